The second-order valence-electron chi connectivity index (χ2n) is 2.24. The molecule has 4 heteroatoms. The third kappa shape index (κ3) is 1.01. The van der Waals surface area contributed by atoms with E-state index in [1.165, 1.54) is 0 Å². The first-order chi connectivity index (χ1) is 5.29. The molecule has 0 aliphatic carbocycles. The van der Waals surface area contributed by atoms with Crippen molar-refractivity contribution >= 4 is 33.0 Å². The van der Waals surface area contributed by atoms with Crippen molar-refractivity contribution in [1.29, 1.82) is 0 Å². The van der Waals surface area contributed by atoms with Crippen LogP contribution < -0.4 is 0 Å². The molecule has 11 heavy (non-hydrogen) atoms. The molecule has 2 aromatic heterocycles. The van der Waals surface area contributed by atoms with Gasteiger partial charge >= 0.3 is 0 Å². The number of aryl methyl sites for hydroxylation is 1. The lowest BCUT2D eigenvalue weighted by atomic mass is 10.3. The second kappa shape index (κ2) is 2.43. The Morgan fingerprint density at radius 1 is 1.45 bits per heavy atom. The van der Waals surface area contributed by atoms with Gasteiger partial charge in [-0.25, -0.2) is 0 Å². The lowest BCUT2D eigenvalue weighted by Crippen LogP contribution is -1.85. The van der Waals surface area contributed by atoms with E-state index in [-0.39, 0.29) is 0 Å². The molecule has 0 aliphatic heterocycles. The smallest absolute Gasteiger partial charge is 0.154 e. The average molecular weight is 185 g/mol. The molecule has 0 aliphatic rings. The van der Waals surface area contributed by atoms with E-state index in [0.717, 1.165) is 15.8 Å². The second-order valence-corrected chi connectivity index (χ2v) is 3.51. The molecule has 2 nitrogen and oxygen atoms in total. The molecule has 56 valence electrons. The van der Waals surface area contributed by atoms with Gasteiger partial charge in [-0.1, -0.05) is 11.6 Å². The number of aromatic nitrogens is 2. The molecule has 0 saturated heterocycles. The van der Waals surface area contributed by atoms with Crippen LogP contribution >= 0.6 is 22.9 Å². The minimum absolute atomic E-state index is 0.501. The molecule has 0 spiro atoms. The Hall–Kier alpha value is -0.670. The zero-order valence-corrected chi connectivity index (χ0v) is 7.41. The molecule has 0 fully saturated rings. The van der Waals surface area contributed by atoms with Crippen LogP contribution in [0.5, 0.6) is 0 Å². The van der Waals surface area contributed by atoms with Gasteiger partial charge in [-0.2, -0.15) is 5.10 Å². The molecule has 0 unspecified atom stereocenters. The van der Waals surface area contributed by atoms with Gasteiger partial charge in [-0.15, -0.1) is 16.4 Å². The van der Waals surface area contributed by atoms with Gasteiger partial charge in [-0.3, -0.25) is 0 Å². The molecule has 0 radical (unpaired) electrons. The number of fused-ring (bicyclic) bond motifs is 1. The topological polar surface area (TPSA) is 25.8 Å². The van der Waals surface area contributed by atoms with Gasteiger partial charge in [0.1, 0.15) is 0 Å². The number of halogens is 1. The summed E-state index contributed by atoms with van der Waals surface area (Å²) in [7, 11) is 0. The summed E-state index contributed by atoms with van der Waals surface area (Å²) < 4.78 is 1.03. The van der Waals surface area contributed by atoms with E-state index in [4.69, 9.17) is 11.6 Å². The summed E-state index contributed by atoms with van der Waals surface area (Å²) in [4.78, 5) is 0. The maximum atomic E-state index is 5.81. The van der Waals surface area contributed by atoms with Crippen LogP contribution in [0.1, 0.15) is 5.69 Å². The van der Waals surface area contributed by atoms with Crippen LogP contribution in [0.25, 0.3) is 10.1 Å². The highest BCUT2D eigenvalue weighted by Crippen LogP contribution is 2.27. The van der Waals surface area contributed by atoms with Crippen molar-refractivity contribution in [3.63, 3.8) is 0 Å². The van der Waals surface area contributed by atoms with Crippen LogP contribution in [0.2, 0.25) is 5.15 Å². The maximum Gasteiger partial charge on any atom is 0.169 e. The third-order valence-electron chi connectivity index (χ3n) is 1.53. The molecule has 2 heterocycles. The maximum absolute atomic E-state index is 5.81. The SMILES string of the molecule is Cc1nnc(Cl)c2sccc12. The van der Waals surface area contributed by atoms with Gasteiger partial charge in [-0.05, 0) is 18.4 Å². The molecular weight excluding hydrogens is 180 g/mol. The Morgan fingerprint density at radius 3 is 3.00 bits per heavy atom. The van der Waals surface area contributed by atoms with Crippen molar-refractivity contribution in [2.45, 2.75) is 6.92 Å². The van der Waals surface area contributed by atoms with Gasteiger partial charge < -0.3 is 0 Å². The van der Waals surface area contributed by atoms with Gasteiger partial charge in [0, 0.05) is 5.39 Å². The van der Waals surface area contributed by atoms with Crippen LogP contribution in [0.3, 0.4) is 0 Å². The van der Waals surface area contributed by atoms with Crippen LogP contribution in [0.4, 0.5) is 0 Å². The van der Waals surface area contributed by atoms with E-state index in [2.05, 4.69) is 10.2 Å². The summed E-state index contributed by atoms with van der Waals surface area (Å²) in [5, 5.41) is 11.3. The van der Waals surface area contributed by atoms with E-state index in [1.54, 1.807) is 11.3 Å². The molecule has 0 N–H and O–H groups in total. The van der Waals surface area contributed by atoms with Gasteiger partial charge in [0.05, 0.1) is 10.4 Å². The molecule has 0 saturated carbocycles. The Balaban J connectivity index is 2.96. The lowest BCUT2D eigenvalue weighted by molar-refractivity contribution is 1.01. The van der Waals surface area contributed by atoms with Crippen molar-refractivity contribution in [3.05, 3.63) is 22.3 Å². The lowest BCUT2D eigenvalue weighted by Gasteiger charge is -1.93. The van der Waals surface area contributed by atoms with Crippen molar-refractivity contribution in [3.8, 4) is 0 Å². The highest BCUT2D eigenvalue weighted by atomic mass is 35.5. The van der Waals surface area contributed by atoms with Crippen molar-refractivity contribution < 1.29 is 0 Å². The highest BCUT2D eigenvalue weighted by Gasteiger charge is 2.04. The fourth-order valence-electron chi connectivity index (χ4n) is 0.972. The quantitative estimate of drug-likeness (QED) is 0.629. The number of rotatable bonds is 0. The molecule has 2 aromatic rings. The zero-order chi connectivity index (χ0) is 7.84. The van der Waals surface area contributed by atoms with Gasteiger partial charge in [0.25, 0.3) is 0 Å². The Labute approximate surface area is 72.8 Å². The van der Waals surface area contributed by atoms with Crippen LogP contribution in [0.15, 0.2) is 11.4 Å². The van der Waals surface area contributed by atoms with Crippen molar-refractivity contribution in [2.75, 3.05) is 0 Å². The summed E-state index contributed by atoms with van der Waals surface area (Å²) in [6.07, 6.45) is 0. The molecule has 2 rings (SSSR count). The molecular formula is C7H5ClN2S. The highest BCUT2D eigenvalue weighted by molar-refractivity contribution is 7.17. The third-order valence-corrected chi connectivity index (χ3v) is 2.83. The van der Waals surface area contributed by atoms with Crippen molar-refractivity contribution in [2.24, 2.45) is 0 Å². The number of thiophene rings is 1. The van der Waals surface area contributed by atoms with Crippen molar-refractivity contribution in [1.82, 2.24) is 10.2 Å². The minimum atomic E-state index is 0.501. The zero-order valence-electron chi connectivity index (χ0n) is 5.84. The van der Waals surface area contributed by atoms with Gasteiger partial charge in [0.2, 0.25) is 0 Å². The summed E-state index contributed by atoms with van der Waals surface area (Å²) >= 11 is 7.40. The van der Waals surface area contributed by atoms with E-state index in [1.807, 2.05) is 18.4 Å². The minimum Gasteiger partial charge on any atom is -0.154 e. The predicted octanol–water partition coefficient (Wildman–Crippen LogP) is 2.65. The van der Waals surface area contributed by atoms with E-state index in [0.29, 0.717) is 5.15 Å². The normalized spacial score (nSPS) is 10.7. The average Bonchev–Trinajstić information content (AvgIpc) is 2.45. The largest absolute Gasteiger partial charge is 0.169 e. The van der Waals surface area contributed by atoms with Crippen LogP contribution in [-0.4, -0.2) is 10.2 Å². The van der Waals surface area contributed by atoms with E-state index < -0.39 is 0 Å². The van der Waals surface area contributed by atoms with Crippen LogP contribution in [-0.2, 0) is 0 Å². The number of hydrogen-bond donors (Lipinski definition) is 0. The molecule has 0 bridgehead atoms. The Bertz CT molecular complexity index is 360. The monoisotopic (exact) mass is 184 g/mol. The summed E-state index contributed by atoms with van der Waals surface area (Å²) in [6.45, 7) is 1.93. The number of hydrogen-bond acceptors (Lipinski definition) is 3. The summed E-state index contributed by atoms with van der Waals surface area (Å²) in [6, 6.07) is 2.01. The van der Waals surface area contributed by atoms with E-state index in [9.17, 15) is 0 Å². The first-order valence-electron chi connectivity index (χ1n) is 3.15. The fraction of sp³-hybridized carbons (Fsp3) is 0.143. The Kier molecular flexibility index (Phi) is 1.55. The van der Waals surface area contributed by atoms with Crippen LogP contribution in [0, 0.1) is 6.92 Å². The summed E-state index contributed by atoms with van der Waals surface area (Å²) in [5.74, 6) is 0. The molecule has 0 amide bonds. The molecule has 0 aromatic carbocycles. The molecule has 0 atom stereocenters. The first-order valence-corrected chi connectivity index (χ1v) is 4.41. The van der Waals surface area contributed by atoms with E-state index >= 15 is 0 Å². The number of nitrogens with zero attached hydrogens (tertiary/aromatic N) is 2. The fourth-order valence-corrected chi connectivity index (χ4v) is 2.07. The first kappa shape index (κ1) is 7.00. The Morgan fingerprint density at radius 2 is 2.27 bits per heavy atom. The van der Waals surface area contributed by atoms with Gasteiger partial charge in [0.15, 0.2) is 5.15 Å². The predicted molar refractivity (Wildman–Crippen MR) is 47.2 cm³/mol. The standard InChI is InChI=1S/C7H5ClN2S/c1-4-5-2-3-11-6(5)7(8)10-9-4/h2-3H,1H3. The summed E-state index contributed by atoms with van der Waals surface area (Å²) in [5.41, 5.74) is 0.936.